The van der Waals surface area contributed by atoms with Crippen molar-refractivity contribution in [3.05, 3.63) is 21.9 Å². The van der Waals surface area contributed by atoms with Gasteiger partial charge in [0, 0.05) is 0 Å². The lowest BCUT2D eigenvalue weighted by Crippen LogP contribution is -2.00. The third-order valence-corrected chi connectivity index (χ3v) is 1.65. The van der Waals surface area contributed by atoms with Crippen molar-refractivity contribution < 1.29 is 14.4 Å². The molecule has 78 valence electrons. The SMILES string of the molecule is COc1cc([N+](=O)[O-])c(C#N)nc1OC. The topological polar surface area (TPSA) is 98.3 Å². The molecule has 0 saturated heterocycles. The van der Waals surface area contributed by atoms with Crippen LogP contribution in [0.25, 0.3) is 0 Å². The second kappa shape index (κ2) is 4.23. The van der Waals surface area contributed by atoms with Gasteiger partial charge in [-0.2, -0.15) is 10.2 Å². The van der Waals surface area contributed by atoms with E-state index in [9.17, 15) is 10.1 Å². The van der Waals surface area contributed by atoms with Crippen molar-refractivity contribution in [2.24, 2.45) is 0 Å². The molecule has 0 aliphatic carbocycles. The minimum Gasteiger partial charge on any atom is -0.491 e. The molecule has 1 rings (SSSR count). The van der Waals surface area contributed by atoms with E-state index in [2.05, 4.69) is 4.98 Å². The highest BCUT2D eigenvalue weighted by Crippen LogP contribution is 2.30. The van der Waals surface area contributed by atoms with Crippen molar-refractivity contribution in [3.8, 4) is 17.7 Å². The number of rotatable bonds is 3. The summed E-state index contributed by atoms with van der Waals surface area (Å²) >= 11 is 0. The number of nitrogens with zero attached hydrogens (tertiary/aromatic N) is 3. The van der Waals surface area contributed by atoms with Gasteiger partial charge in [-0.3, -0.25) is 10.1 Å². The molecule has 0 amide bonds. The highest BCUT2D eigenvalue weighted by molar-refractivity contribution is 5.52. The zero-order valence-corrected chi connectivity index (χ0v) is 8.05. The van der Waals surface area contributed by atoms with E-state index >= 15 is 0 Å². The van der Waals surface area contributed by atoms with Gasteiger partial charge in [0.1, 0.15) is 6.07 Å². The van der Waals surface area contributed by atoms with Crippen molar-refractivity contribution in [1.82, 2.24) is 4.98 Å². The Bertz CT molecular complexity index is 438. The predicted octanol–water partition coefficient (Wildman–Crippen LogP) is 0.879. The molecule has 0 fully saturated rings. The van der Waals surface area contributed by atoms with Crippen LogP contribution in [0, 0.1) is 21.4 Å². The fourth-order valence-corrected chi connectivity index (χ4v) is 0.982. The second-order valence-electron chi connectivity index (χ2n) is 2.44. The summed E-state index contributed by atoms with van der Waals surface area (Å²) in [6.45, 7) is 0. The van der Waals surface area contributed by atoms with E-state index in [-0.39, 0.29) is 17.3 Å². The lowest BCUT2D eigenvalue weighted by Gasteiger charge is -2.05. The summed E-state index contributed by atoms with van der Waals surface area (Å²) in [7, 11) is 2.66. The molecule has 0 aliphatic heterocycles. The average molecular weight is 209 g/mol. The van der Waals surface area contributed by atoms with Crippen molar-refractivity contribution in [2.45, 2.75) is 0 Å². The molecular formula is C8H7N3O4. The normalized spacial score (nSPS) is 9.13. The number of methoxy groups -OCH3 is 2. The lowest BCUT2D eigenvalue weighted by molar-refractivity contribution is -0.385. The van der Waals surface area contributed by atoms with E-state index in [1.165, 1.54) is 14.2 Å². The molecule has 0 spiro atoms. The third kappa shape index (κ3) is 1.94. The zero-order valence-electron chi connectivity index (χ0n) is 8.05. The quantitative estimate of drug-likeness (QED) is 0.541. The smallest absolute Gasteiger partial charge is 0.309 e. The molecule has 0 N–H and O–H groups in total. The Morgan fingerprint density at radius 3 is 2.60 bits per heavy atom. The summed E-state index contributed by atoms with van der Waals surface area (Å²) < 4.78 is 9.63. The molecule has 15 heavy (non-hydrogen) atoms. The van der Waals surface area contributed by atoms with Crippen molar-refractivity contribution in [1.29, 1.82) is 5.26 Å². The first-order chi connectivity index (χ1) is 7.13. The Labute approximate surface area is 85.0 Å². The maximum atomic E-state index is 10.6. The van der Waals surface area contributed by atoms with E-state index in [1.807, 2.05) is 0 Å². The molecule has 0 bridgehead atoms. The highest BCUT2D eigenvalue weighted by atomic mass is 16.6. The van der Waals surface area contributed by atoms with Crippen LogP contribution in [0.15, 0.2) is 6.07 Å². The lowest BCUT2D eigenvalue weighted by atomic mass is 10.3. The monoisotopic (exact) mass is 209 g/mol. The molecule has 7 nitrogen and oxygen atoms in total. The summed E-state index contributed by atoms with van der Waals surface area (Å²) in [6, 6.07) is 2.72. The zero-order chi connectivity index (χ0) is 11.4. The fraction of sp³-hybridized carbons (Fsp3) is 0.250. The summed E-state index contributed by atoms with van der Waals surface area (Å²) in [5, 5.41) is 19.2. The summed E-state index contributed by atoms with van der Waals surface area (Å²) in [4.78, 5) is 13.5. The Kier molecular flexibility index (Phi) is 3.03. The molecule has 1 aromatic rings. The Morgan fingerprint density at radius 2 is 2.20 bits per heavy atom. The molecule has 0 atom stereocenters. The van der Waals surface area contributed by atoms with Gasteiger partial charge in [0.15, 0.2) is 5.75 Å². The van der Waals surface area contributed by atoms with E-state index in [1.54, 1.807) is 6.07 Å². The second-order valence-corrected chi connectivity index (χ2v) is 2.44. The van der Waals surface area contributed by atoms with Crippen LogP contribution in [-0.2, 0) is 0 Å². The molecule has 0 unspecified atom stereocenters. The van der Waals surface area contributed by atoms with Crippen LogP contribution in [0.1, 0.15) is 5.69 Å². The van der Waals surface area contributed by atoms with Gasteiger partial charge in [0.2, 0.25) is 5.69 Å². The van der Waals surface area contributed by atoms with Gasteiger partial charge in [-0.1, -0.05) is 0 Å². The van der Waals surface area contributed by atoms with Crippen LogP contribution < -0.4 is 9.47 Å². The number of hydrogen-bond acceptors (Lipinski definition) is 6. The number of nitriles is 1. The Hall–Kier alpha value is -2.36. The van der Waals surface area contributed by atoms with Crippen LogP contribution in [0.2, 0.25) is 0 Å². The van der Waals surface area contributed by atoms with Gasteiger partial charge in [0.05, 0.1) is 25.2 Å². The number of aromatic nitrogens is 1. The average Bonchev–Trinajstić information content (AvgIpc) is 2.26. The van der Waals surface area contributed by atoms with E-state index in [0.717, 1.165) is 6.07 Å². The van der Waals surface area contributed by atoms with Gasteiger partial charge in [-0.05, 0) is 0 Å². The number of ether oxygens (including phenoxy) is 2. The minimum absolute atomic E-state index is 0.0413. The van der Waals surface area contributed by atoms with Crippen LogP contribution >= 0.6 is 0 Å². The van der Waals surface area contributed by atoms with Gasteiger partial charge in [-0.15, -0.1) is 0 Å². The maximum absolute atomic E-state index is 10.6. The van der Waals surface area contributed by atoms with Crippen LogP contribution in [0.3, 0.4) is 0 Å². The van der Waals surface area contributed by atoms with E-state index < -0.39 is 10.6 Å². The van der Waals surface area contributed by atoms with Crippen molar-refractivity contribution in [3.63, 3.8) is 0 Å². The van der Waals surface area contributed by atoms with Gasteiger partial charge < -0.3 is 9.47 Å². The first kappa shape index (κ1) is 10.7. The first-order valence-electron chi connectivity index (χ1n) is 3.81. The standard InChI is InChI=1S/C8H7N3O4/c1-14-7-3-6(11(12)13)5(4-9)10-8(7)15-2/h3H,1-2H3. The Morgan fingerprint density at radius 1 is 1.53 bits per heavy atom. The minimum atomic E-state index is -0.701. The number of nitro groups is 1. The molecule has 7 heteroatoms. The van der Waals surface area contributed by atoms with E-state index in [4.69, 9.17) is 14.7 Å². The molecule has 0 aromatic carbocycles. The molecule has 1 heterocycles. The summed E-state index contributed by atoms with van der Waals surface area (Å²) in [6.07, 6.45) is 0. The predicted molar refractivity (Wildman–Crippen MR) is 48.7 cm³/mol. The van der Waals surface area contributed by atoms with Crippen LogP contribution in [0.4, 0.5) is 5.69 Å². The van der Waals surface area contributed by atoms with Gasteiger partial charge >= 0.3 is 5.69 Å². The summed E-state index contributed by atoms with van der Waals surface area (Å²) in [5.74, 6) is 0.155. The van der Waals surface area contributed by atoms with Crippen molar-refractivity contribution >= 4 is 5.69 Å². The maximum Gasteiger partial charge on any atom is 0.309 e. The molecule has 1 aromatic heterocycles. The number of pyridine rings is 1. The molecule has 0 saturated carbocycles. The first-order valence-corrected chi connectivity index (χ1v) is 3.81. The third-order valence-electron chi connectivity index (χ3n) is 1.65. The molecule has 0 aliphatic rings. The fourth-order valence-electron chi connectivity index (χ4n) is 0.982. The Balaban J connectivity index is 3.42. The van der Waals surface area contributed by atoms with E-state index in [0.29, 0.717) is 0 Å². The highest BCUT2D eigenvalue weighted by Gasteiger charge is 2.20. The molecular weight excluding hydrogens is 202 g/mol. The van der Waals surface area contributed by atoms with Crippen LogP contribution in [-0.4, -0.2) is 24.1 Å². The largest absolute Gasteiger partial charge is 0.491 e. The number of hydrogen-bond donors (Lipinski definition) is 0. The van der Waals surface area contributed by atoms with Gasteiger partial charge in [-0.25, -0.2) is 0 Å². The van der Waals surface area contributed by atoms with Crippen molar-refractivity contribution in [2.75, 3.05) is 14.2 Å². The van der Waals surface area contributed by atoms with Crippen LogP contribution in [0.5, 0.6) is 11.6 Å². The molecule has 0 radical (unpaired) electrons. The summed E-state index contributed by atoms with van der Waals surface area (Å²) in [5.41, 5.74) is -0.715. The van der Waals surface area contributed by atoms with Gasteiger partial charge in [0.25, 0.3) is 5.88 Å².